The predicted octanol–water partition coefficient (Wildman–Crippen LogP) is 4.32. The largest absolute Gasteiger partial charge is 0.489 e. The smallest absolute Gasteiger partial charge is 0.119 e. The third-order valence-electron chi connectivity index (χ3n) is 4.31. The van der Waals surface area contributed by atoms with Crippen LogP contribution in [0.25, 0.3) is 0 Å². The number of rotatable bonds is 4. The Hall–Kier alpha value is -1.51. The van der Waals surface area contributed by atoms with E-state index in [1.807, 2.05) is 12.1 Å². The van der Waals surface area contributed by atoms with Crippen LogP contribution in [0.1, 0.15) is 23.1 Å². The zero-order valence-corrected chi connectivity index (χ0v) is 13.9. The second-order valence-corrected chi connectivity index (χ2v) is 6.55. The first-order valence-electron chi connectivity index (χ1n) is 7.80. The summed E-state index contributed by atoms with van der Waals surface area (Å²) in [5.74, 6) is 0.958. The second kappa shape index (κ2) is 6.72. The van der Waals surface area contributed by atoms with Gasteiger partial charge in [-0.25, -0.2) is 0 Å². The molecule has 1 aliphatic rings. The zero-order chi connectivity index (χ0) is 15.5. The number of hydrogen-bond donors (Lipinski definition) is 0. The van der Waals surface area contributed by atoms with Crippen LogP contribution >= 0.6 is 11.6 Å². The van der Waals surface area contributed by atoms with Crippen LogP contribution in [0.5, 0.6) is 5.75 Å². The van der Waals surface area contributed by atoms with Gasteiger partial charge in [0.15, 0.2) is 0 Å². The normalized spacial score (nSPS) is 18.6. The molecule has 22 heavy (non-hydrogen) atoms. The Kier molecular flexibility index (Phi) is 4.70. The highest BCUT2D eigenvalue weighted by atomic mass is 35.5. The molecule has 1 heterocycles. The topological polar surface area (TPSA) is 12.5 Å². The van der Waals surface area contributed by atoms with E-state index in [1.165, 1.54) is 16.7 Å². The molecule has 0 bridgehead atoms. The summed E-state index contributed by atoms with van der Waals surface area (Å²) in [7, 11) is 2.14. The molecule has 0 aliphatic carbocycles. The number of ether oxygens (including phenoxy) is 1. The quantitative estimate of drug-likeness (QED) is 0.833. The molecule has 2 aromatic rings. The van der Waals surface area contributed by atoms with Gasteiger partial charge in [0.2, 0.25) is 0 Å². The first-order valence-corrected chi connectivity index (χ1v) is 8.18. The van der Waals surface area contributed by atoms with Gasteiger partial charge in [0.1, 0.15) is 11.9 Å². The van der Waals surface area contributed by atoms with Crippen LogP contribution in [0.3, 0.4) is 0 Å². The monoisotopic (exact) mass is 315 g/mol. The maximum Gasteiger partial charge on any atom is 0.119 e. The molecule has 1 unspecified atom stereocenters. The van der Waals surface area contributed by atoms with Crippen molar-refractivity contribution >= 4 is 11.6 Å². The fourth-order valence-electron chi connectivity index (χ4n) is 2.96. The lowest BCUT2D eigenvalue weighted by molar-refractivity contribution is 0.208. The van der Waals surface area contributed by atoms with Crippen molar-refractivity contribution in [2.45, 2.75) is 25.9 Å². The number of likely N-dealkylation sites (N-methyl/N-ethyl adjacent to an activating group) is 1. The van der Waals surface area contributed by atoms with Crippen LogP contribution < -0.4 is 4.74 Å². The molecule has 1 aliphatic heterocycles. The molecule has 3 heteroatoms. The second-order valence-electron chi connectivity index (χ2n) is 6.15. The van der Waals surface area contributed by atoms with E-state index in [0.717, 1.165) is 36.7 Å². The Morgan fingerprint density at radius 3 is 2.59 bits per heavy atom. The van der Waals surface area contributed by atoms with E-state index in [2.05, 4.69) is 49.2 Å². The molecular formula is C19H22ClNO. The van der Waals surface area contributed by atoms with Gasteiger partial charge in [0, 0.05) is 18.1 Å². The van der Waals surface area contributed by atoms with Crippen molar-refractivity contribution < 1.29 is 4.74 Å². The molecule has 3 rings (SSSR count). The van der Waals surface area contributed by atoms with Crippen molar-refractivity contribution in [2.24, 2.45) is 0 Å². The molecule has 1 fully saturated rings. The summed E-state index contributed by atoms with van der Waals surface area (Å²) in [5, 5.41) is 0.842. The van der Waals surface area contributed by atoms with E-state index >= 15 is 0 Å². The van der Waals surface area contributed by atoms with Crippen LogP contribution in [0, 0.1) is 6.92 Å². The highest BCUT2D eigenvalue weighted by molar-refractivity contribution is 6.31. The summed E-state index contributed by atoms with van der Waals surface area (Å²) in [5.41, 5.74) is 3.70. The Labute approximate surface area is 137 Å². The van der Waals surface area contributed by atoms with Gasteiger partial charge in [-0.15, -0.1) is 0 Å². The van der Waals surface area contributed by atoms with Crippen LogP contribution in [0.2, 0.25) is 5.02 Å². The maximum atomic E-state index is 6.31. The van der Waals surface area contributed by atoms with Crippen molar-refractivity contribution in [3.8, 4) is 5.75 Å². The van der Waals surface area contributed by atoms with E-state index in [9.17, 15) is 0 Å². The molecule has 0 amide bonds. The number of nitrogens with zero attached hydrogens (tertiary/aromatic N) is 1. The Morgan fingerprint density at radius 1 is 1.18 bits per heavy atom. The van der Waals surface area contributed by atoms with Crippen LogP contribution in [0.15, 0.2) is 42.5 Å². The van der Waals surface area contributed by atoms with Crippen LogP contribution in [-0.4, -0.2) is 31.1 Å². The average Bonchev–Trinajstić information content (AvgIpc) is 2.90. The first kappa shape index (κ1) is 15.4. The third-order valence-corrected chi connectivity index (χ3v) is 4.66. The van der Waals surface area contributed by atoms with Gasteiger partial charge in [-0.05, 0) is 61.7 Å². The molecule has 0 radical (unpaired) electrons. The molecule has 0 spiro atoms. The van der Waals surface area contributed by atoms with Gasteiger partial charge in [0.25, 0.3) is 0 Å². The minimum atomic E-state index is 0.321. The summed E-state index contributed by atoms with van der Waals surface area (Å²) in [6.45, 7) is 4.24. The Balaban J connectivity index is 1.67. The summed E-state index contributed by atoms with van der Waals surface area (Å²) < 4.78 is 6.03. The van der Waals surface area contributed by atoms with E-state index < -0.39 is 0 Å². The van der Waals surface area contributed by atoms with Gasteiger partial charge >= 0.3 is 0 Å². The summed E-state index contributed by atoms with van der Waals surface area (Å²) in [6, 6.07) is 14.5. The highest BCUT2D eigenvalue weighted by Crippen LogP contribution is 2.24. The van der Waals surface area contributed by atoms with E-state index in [1.54, 1.807) is 0 Å². The minimum absolute atomic E-state index is 0.321. The Bertz CT molecular complexity index is 618. The third kappa shape index (κ3) is 3.63. The molecule has 1 saturated heterocycles. The Morgan fingerprint density at radius 2 is 1.95 bits per heavy atom. The predicted molar refractivity (Wildman–Crippen MR) is 92.0 cm³/mol. The first-order chi connectivity index (χ1) is 10.6. The maximum absolute atomic E-state index is 6.31. The van der Waals surface area contributed by atoms with E-state index in [-0.39, 0.29) is 0 Å². The molecular weight excluding hydrogens is 294 g/mol. The van der Waals surface area contributed by atoms with Crippen LogP contribution in [-0.2, 0) is 6.42 Å². The number of aryl methyl sites for hydroxylation is 1. The number of likely N-dealkylation sites (tertiary alicyclic amines) is 1. The van der Waals surface area contributed by atoms with Gasteiger partial charge < -0.3 is 9.64 Å². The lowest BCUT2D eigenvalue weighted by Crippen LogP contribution is -2.21. The number of benzene rings is 2. The fourth-order valence-corrected chi connectivity index (χ4v) is 3.25. The van der Waals surface area contributed by atoms with E-state index in [4.69, 9.17) is 16.3 Å². The minimum Gasteiger partial charge on any atom is -0.489 e. The van der Waals surface area contributed by atoms with Crippen molar-refractivity contribution in [3.05, 3.63) is 64.2 Å². The SMILES string of the molecule is Cc1cccc(Cl)c1Cc1ccc(OC2CCN(C)C2)cc1. The standard InChI is InChI=1S/C19H22ClNO/c1-14-4-3-5-19(20)18(14)12-15-6-8-16(9-7-15)22-17-10-11-21(2)13-17/h3-9,17H,10-13H2,1-2H3. The lowest BCUT2D eigenvalue weighted by Gasteiger charge is -2.14. The molecule has 2 aromatic carbocycles. The van der Waals surface area contributed by atoms with Crippen molar-refractivity contribution in [3.63, 3.8) is 0 Å². The van der Waals surface area contributed by atoms with Gasteiger partial charge in [-0.3, -0.25) is 0 Å². The number of halogens is 1. The van der Waals surface area contributed by atoms with Crippen LogP contribution in [0.4, 0.5) is 0 Å². The van der Waals surface area contributed by atoms with Crippen molar-refractivity contribution in [2.75, 3.05) is 20.1 Å². The van der Waals surface area contributed by atoms with Gasteiger partial charge in [-0.1, -0.05) is 35.9 Å². The highest BCUT2D eigenvalue weighted by Gasteiger charge is 2.20. The van der Waals surface area contributed by atoms with Crippen molar-refractivity contribution in [1.29, 1.82) is 0 Å². The van der Waals surface area contributed by atoms with Gasteiger partial charge in [0.05, 0.1) is 0 Å². The average molecular weight is 316 g/mol. The van der Waals surface area contributed by atoms with Crippen molar-refractivity contribution in [1.82, 2.24) is 4.90 Å². The fraction of sp³-hybridized carbons (Fsp3) is 0.368. The van der Waals surface area contributed by atoms with E-state index in [0.29, 0.717) is 6.10 Å². The molecule has 0 N–H and O–H groups in total. The molecule has 0 aromatic heterocycles. The number of hydrogen-bond acceptors (Lipinski definition) is 2. The molecule has 1 atom stereocenters. The van der Waals surface area contributed by atoms with Gasteiger partial charge in [-0.2, -0.15) is 0 Å². The molecule has 116 valence electrons. The molecule has 0 saturated carbocycles. The summed E-state index contributed by atoms with van der Waals surface area (Å²) in [6.07, 6.45) is 2.29. The summed E-state index contributed by atoms with van der Waals surface area (Å²) in [4.78, 5) is 2.30. The summed E-state index contributed by atoms with van der Waals surface area (Å²) >= 11 is 6.31. The lowest BCUT2D eigenvalue weighted by atomic mass is 10.0. The zero-order valence-electron chi connectivity index (χ0n) is 13.2. The molecule has 2 nitrogen and oxygen atoms in total.